The highest BCUT2D eigenvalue weighted by atomic mass is 79.9. The van der Waals surface area contributed by atoms with Gasteiger partial charge in [0.1, 0.15) is 5.75 Å². The highest BCUT2D eigenvalue weighted by molar-refractivity contribution is 9.10. The van der Waals surface area contributed by atoms with E-state index in [-0.39, 0.29) is 17.9 Å². The lowest BCUT2D eigenvalue weighted by molar-refractivity contribution is -0.120. The summed E-state index contributed by atoms with van der Waals surface area (Å²) in [6.07, 6.45) is -0.102. The number of rotatable bonds is 9. The van der Waals surface area contributed by atoms with Crippen molar-refractivity contribution >= 4 is 39.4 Å². The zero-order valence-corrected chi connectivity index (χ0v) is 24.0. The van der Waals surface area contributed by atoms with Crippen LogP contribution in [-0.2, 0) is 10.2 Å². The first-order valence-corrected chi connectivity index (χ1v) is 14.1. The average Bonchev–Trinajstić information content (AvgIpc) is 3.74. The minimum Gasteiger partial charge on any atom is -0.508 e. The summed E-state index contributed by atoms with van der Waals surface area (Å²) in [6.45, 7) is 7.06. The third-order valence-electron chi connectivity index (χ3n) is 6.60. The fourth-order valence-electron chi connectivity index (χ4n) is 4.37. The molecule has 1 aliphatic carbocycles. The summed E-state index contributed by atoms with van der Waals surface area (Å²) < 4.78 is 28.0. The number of guanidine groups is 1. The van der Waals surface area contributed by atoms with Crippen LogP contribution in [-0.4, -0.2) is 48.9 Å². The van der Waals surface area contributed by atoms with E-state index in [1.165, 1.54) is 12.1 Å². The molecule has 1 fully saturated rings. The maximum atomic E-state index is 13.6. The summed E-state index contributed by atoms with van der Waals surface area (Å²) in [5, 5.41) is 21.6. The van der Waals surface area contributed by atoms with Gasteiger partial charge in [0.2, 0.25) is 12.3 Å². The molecule has 4 rings (SSSR count). The van der Waals surface area contributed by atoms with E-state index in [1.807, 2.05) is 26.8 Å². The van der Waals surface area contributed by atoms with Crippen molar-refractivity contribution in [3.8, 4) is 5.75 Å². The highest BCUT2D eigenvalue weighted by Gasteiger charge is 2.52. The molecule has 212 valence electrons. The van der Waals surface area contributed by atoms with Crippen LogP contribution in [0.4, 0.5) is 14.5 Å². The summed E-state index contributed by atoms with van der Waals surface area (Å²) in [7, 11) is 0. The van der Waals surface area contributed by atoms with Crippen molar-refractivity contribution < 1.29 is 23.5 Å². The van der Waals surface area contributed by atoms with Crippen LogP contribution in [0.3, 0.4) is 0 Å². The number of carbonyl (C=O) groups is 2. The topological polar surface area (TPSA) is 115 Å². The van der Waals surface area contributed by atoms with Crippen molar-refractivity contribution in [2.24, 2.45) is 4.99 Å². The number of hydrogen-bond donors (Lipinski definition) is 5. The number of phenolic OH excluding ortho intramolecular Hbond substituents is 1. The van der Waals surface area contributed by atoms with E-state index in [9.17, 15) is 23.5 Å². The van der Waals surface area contributed by atoms with Crippen LogP contribution in [0.25, 0.3) is 0 Å². The minimum atomic E-state index is -2.44. The SMILES string of the molecule is CC.CCC(NC(=O)CNC(=O)c1cc(O)cc(NC2=NCCCN2)c1)c1cc(Br)cc(C2(C(F)F)CC2)c1. The normalized spacial score (nSPS) is 16.1. The van der Waals surface area contributed by atoms with E-state index >= 15 is 0 Å². The Morgan fingerprint density at radius 1 is 1.15 bits per heavy atom. The molecule has 11 heteroatoms. The number of hydrogen-bond acceptors (Lipinski definition) is 6. The predicted octanol–water partition coefficient (Wildman–Crippen LogP) is 5.24. The van der Waals surface area contributed by atoms with Gasteiger partial charge in [-0.2, -0.15) is 0 Å². The molecule has 8 nitrogen and oxygen atoms in total. The molecule has 0 saturated heterocycles. The van der Waals surface area contributed by atoms with Crippen LogP contribution < -0.4 is 21.3 Å². The van der Waals surface area contributed by atoms with Crippen LogP contribution in [0.1, 0.15) is 74.0 Å². The van der Waals surface area contributed by atoms with Crippen molar-refractivity contribution in [2.45, 2.75) is 64.3 Å². The molecular formula is C28H36BrF2N5O3. The standard InChI is InChI=1S/C26H30BrF2N5O3.C2H6/c1-2-21(15-8-17(12-18(27)9-15)26(4-5-26)24(28)29)34-22(36)14-32-23(37)16-10-19(13-20(35)11-16)33-25-30-6-3-7-31-25;1-2/h8-13,21,24,35H,2-7,14H2,1H3,(H,32,37)(H,34,36)(H2,30,31,33);1-2H3. The van der Waals surface area contributed by atoms with Gasteiger partial charge in [-0.25, -0.2) is 8.78 Å². The lowest BCUT2D eigenvalue weighted by Crippen LogP contribution is -2.38. The Kier molecular flexibility index (Phi) is 10.7. The molecule has 0 aromatic heterocycles. The lowest BCUT2D eigenvalue weighted by atomic mass is 9.92. The first kappa shape index (κ1) is 30.3. The molecule has 2 aromatic rings. The molecular weight excluding hydrogens is 572 g/mol. The summed E-state index contributed by atoms with van der Waals surface area (Å²) in [4.78, 5) is 29.7. The Bertz CT molecular complexity index is 1200. The summed E-state index contributed by atoms with van der Waals surface area (Å²) >= 11 is 3.41. The van der Waals surface area contributed by atoms with E-state index in [2.05, 4.69) is 42.2 Å². The van der Waals surface area contributed by atoms with Gasteiger partial charge in [0, 0.05) is 34.9 Å². The fraction of sp³-hybridized carbons (Fsp3) is 0.464. The maximum absolute atomic E-state index is 13.6. The zero-order valence-electron chi connectivity index (χ0n) is 22.4. The van der Waals surface area contributed by atoms with Gasteiger partial charge in [-0.3, -0.25) is 14.6 Å². The van der Waals surface area contributed by atoms with Crippen molar-refractivity contribution in [1.82, 2.24) is 16.0 Å². The van der Waals surface area contributed by atoms with Crippen LogP contribution >= 0.6 is 15.9 Å². The number of benzene rings is 2. The number of amides is 2. The largest absolute Gasteiger partial charge is 0.508 e. The van der Waals surface area contributed by atoms with E-state index in [0.29, 0.717) is 47.5 Å². The van der Waals surface area contributed by atoms with Crippen molar-refractivity contribution in [1.29, 1.82) is 0 Å². The van der Waals surface area contributed by atoms with Gasteiger partial charge in [0.05, 0.1) is 18.0 Å². The Morgan fingerprint density at radius 2 is 1.90 bits per heavy atom. The van der Waals surface area contributed by atoms with E-state index < -0.39 is 29.7 Å². The van der Waals surface area contributed by atoms with E-state index in [0.717, 1.165) is 18.5 Å². The Labute approximate surface area is 236 Å². The van der Waals surface area contributed by atoms with Crippen LogP contribution in [0, 0.1) is 0 Å². The summed E-state index contributed by atoms with van der Waals surface area (Å²) in [5.41, 5.74) is 0.842. The maximum Gasteiger partial charge on any atom is 0.251 e. The molecule has 1 unspecified atom stereocenters. The molecule has 2 aromatic carbocycles. The Morgan fingerprint density at radius 3 is 2.51 bits per heavy atom. The molecule has 0 radical (unpaired) electrons. The number of nitrogens with zero attached hydrogens (tertiary/aromatic N) is 1. The lowest BCUT2D eigenvalue weighted by Gasteiger charge is -2.22. The number of halogens is 3. The predicted molar refractivity (Wildman–Crippen MR) is 153 cm³/mol. The molecule has 1 heterocycles. The van der Waals surface area contributed by atoms with Crippen LogP contribution in [0.2, 0.25) is 0 Å². The molecule has 2 amide bonds. The number of carbonyl (C=O) groups excluding carboxylic acids is 2. The smallest absolute Gasteiger partial charge is 0.251 e. The monoisotopic (exact) mass is 607 g/mol. The minimum absolute atomic E-state index is 0.107. The second-order valence-corrected chi connectivity index (χ2v) is 10.3. The fourth-order valence-corrected chi connectivity index (χ4v) is 4.88. The van der Waals surface area contributed by atoms with Gasteiger partial charge < -0.3 is 26.4 Å². The second kappa shape index (κ2) is 13.7. The van der Waals surface area contributed by atoms with E-state index in [4.69, 9.17) is 0 Å². The third-order valence-corrected chi connectivity index (χ3v) is 7.05. The van der Waals surface area contributed by atoms with Crippen molar-refractivity contribution in [2.75, 3.05) is 25.0 Å². The van der Waals surface area contributed by atoms with Crippen LogP contribution in [0.5, 0.6) is 5.75 Å². The first-order chi connectivity index (χ1) is 18.7. The molecule has 1 saturated carbocycles. The van der Waals surface area contributed by atoms with Gasteiger partial charge in [0.15, 0.2) is 5.96 Å². The van der Waals surface area contributed by atoms with Gasteiger partial charge >= 0.3 is 0 Å². The van der Waals surface area contributed by atoms with Crippen molar-refractivity contribution in [3.63, 3.8) is 0 Å². The molecule has 1 atom stereocenters. The third kappa shape index (κ3) is 7.90. The number of aliphatic imine (C=N–C) groups is 1. The molecule has 2 aliphatic rings. The number of anilines is 1. The van der Waals surface area contributed by atoms with Gasteiger partial charge in [-0.05, 0) is 61.1 Å². The molecule has 39 heavy (non-hydrogen) atoms. The molecule has 0 bridgehead atoms. The average molecular weight is 609 g/mol. The second-order valence-electron chi connectivity index (χ2n) is 9.35. The quantitative estimate of drug-likeness (QED) is 0.267. The van der Waals surface area contributed by atoms with E-state index in [1.54, 1.807) is 18.2 Å². The summed E-state index contributed by atoms with van der Waals surface area (Å²) in [6, 6.07) is 9.19. The first-order valence-electron chi connectivity index (χ1n) is 13.3. The molecule has 1 aliphatic heterocycles. The molecule has 0 spiro atoms. The van der Waals surface area contributed by atoms with Crippen molar-refractivity contribution in [3.05, 3.63) is 57.6 Å². The molecule has 5 N–H and O–H groups in total. The van der Waals surface area contributed by atoms with Gasteiger partial charge in [-0.1, -0.05) is 42.8 Å². The van der Waals surface area contributed by atoms with Gasteiger partial charge in [-0.15, -0.1) is 0 Å². The number of aromatic hydroxyl groups is 1. The Hall–Kier alpha value is -3.21. The zero-order chi connectivity index (χ0) is 28.6. The Balaban J connectivity index is 0.00000205. The highest BCUT2D eigenvalue weighted by Crippen LogP contribution is 2.53. The van der Waals surface area contributed by atoms with Gasteiger partial charge in [0.25, 0.3) is 5.91 Å². The van der Waals surface area contributed by atoms with Crippen LogP contribution in [0.15, 0.2) is 45.9 Å². The number of nitrogens with one attached hydrogen (secondary N) is 4. The summed E-state index contributed by atoms with van der Waals surface area (Å²) in [5.74, 6) is -0.496. The number of alkyl halides is 2. The number of phenols is 1.